The normalized spacial score (nSPS) is 14.5. The van der Waals surface area contributed by atoms with Gasteiger partial charge in [-0.1, -0.05) is 35.9 Å². The minimum Gasteiger partial charge on any atom is -0.336 e. The van der Waals surface area contributed by atoms with Crippen molar-refractivity contribution in [2.24, 2.45) is 0 Å². The first-order chi connectivity index (χ1) is 11.9. The van der Waals surface area contributed by atoms with Crippen LogP contribution in [0.25, 0.3) is 0 Å². The van der Waals surface area contributed by atoms with Gasteiger partial charge in [-0.25, -0.2) is 4.90 Å². The van der Waals surface area contributed by atoms with Gasteiger partial charge in [0.05, 0.1) is 5.69 Å². The van der Waals surface area contributed by atoms with Crippen LogP contribution in [0.4, 0.5) is 11.4 Å². The third kappa shape index (κ3) is 3.05. The van der Waals surface area contributed by atoms with Gasteiger partial charge in [0.25, 0.3) is 11.8 Å². The zero-order valence-corrected chi connectivity index (χ0v) is 15.2. The Morgan fingerprint density at radius 2 is 1.60 bits per heavy atom. The number of hydrogen-bond donors (Lipinski definition) is 0. The van der Waals surface area contributed by atoms with Crippen molar-refractivity contribution in [3.05, 3.63) is 70.4 Å². The second-order valence-electron chi connectivity index (χ2n) is 6.03. The van der Waals surface area contributed by atoms with Gasteiger partial charge in [-0.3, -0.25) is 9.59 Å². The first-order valence-corrected chi connectivity index (χ1v) is 8.51. The van der Waals surface area contributed by atoms with Crippen LogP contribution in [-0.4, -0.2) is 18.4 Å². The van der Waals surface area contributed by atoms with E-state index in [1.165, 1.54) is 0 Å². The Morgan fingerprint density at radius 1 is 0.960 bits per heavy atom. The highest BCUT2D eigenvalue weighted by Gasteiger charge is 2.41. The van der Waals surface area contributed by atoms with Gasteiger partial charge in [-0.05, 0) is 56.2 Å². The summed E-state index contributed by atoms with van der Waals surface area (Å²) in [5, 5.41) is -0.0464. The Labute approximate surface area is 152 Å². The third-order valence-electron chi connectivity index (χ3n) is 4.16. The summed E-state index contributed by atoms with van der Waals surface area (Å²) >= 11 is 6.30. The first-order valence-electron chi connectivity index (χ1n) is 8.13. The average molecular weight is 355 g/mol. The topological polar surface area (TPSA) is 40.6 Å². The number of aryl methyl sites for hydroxylation is 2. The molecule has 0 aliphatic carbocycles. The van der Waals surface area contributed by atoms with Crippen molar-refractivity contribution in [1.82, 2.24) is 0 Å². The zero-order chi connectivity index (χ0) is 18.1. The van der Waals surface area contributed by atoms with Crippen molar-refractivity contribution in [1.29, 1.82) is 0 Å². The van der Waals surface area contributed by atoms with E-state index in [0.29, 0.717) is 12.2 Å². The minimum absolute atomic E-state index is 0.0464. The van der Waals surface area contributed by atoms with Gasteiger partial charge in [0.2, 0.25) is 0 Å². The quantitative estimate of drug-likeness (QED) is 0.774. The zero-order valence-electron chi connectivity index (χ0n) is 14.4. The van der Waals surface area contributed by atoms with Crippen LogP contribution >= 0.6 is 11.6 Å². The molecular weight excluding hydrogens is 336 g/mol. The number of halogens is 1. The summed E-state index contributed by atoms with van der Waals surface area (Å²) in [6, 6.07) is 15.0. The molecule has 0 saturated carbocycles. The number of rotatable bonds is 4. The molecule has 0 aromatic heterocycles. The van der Waals surface area contributed by atoms with E-state index in [9.17, 15) is 9.59 Å². The van der Waals surface area contributed by atoms with Gasteiger partial charge in [0.15, 0.2) is 0 Å². The predicted octanol–water partition coefficient (Wildman–Crippen LogP) is 4.15. The highest BCUT2D eigenvalue weighted by Crippen LogP contribution is 2.33. The molecule has 0 N–H and O–H groups in total. The lowest BCUT2D eigenvalue weighted by Crippen LogP contribution is -2.35. The number of hydrogen-bond acceptors (Lipinski definition) is 3. The lowest BCUT2D eigenvalue weighted by molar-refractivity contribution is -0.120. The maximum Gasteiger partial charge on any atom is 0.283 e. The molecule has 0 atom stereocenters. The molecule has 25 heavy (non-hydrogen) atoms. The monoisotopic (exact) mass is 354 g/mol. The summed E-state index contributed by atoms with van der Waals surface area (Å²) in [4.78, 5) is 28.6. The van der Waals surface area contributed by atoms with Crippen LogP contribution in [-0.2, 0) is 9.59 Å². The second-order valence-corrected chi connectivity index (χ2v) is 6.41. The van der Waals surface area contributed by atoms with Gasteiger partial charge in [-0.15, -0.1) is 0 Å². The van der Waals surface area contributed by atoms with Gasteiger partial charge in [-0.2, -0.15) is 0 Å². The number of carbonyl (C=O) groups is 2. The molecule has 0 unspecified atom stereocenters. The van der Waals surface area contributed by atoms with Gasteiger partial charge in [0.1, 0.15) is 10.7 Å². The molecule has 0 saturated heterocycles. The SMILES string of the molecule is CCN(C1=C(Cl)C(=O)N(c2cccc(C)c2)C1=O)c1cccc(C)c1. The van der Waals surface area contributed by atoms with Crippen molar-refractivity contribution >= 4 is 34.8 Å². The van der Waals surface area contributed by atoms with Crippen LogP contribution in [0.2, 0.25) is 0 Å². The van der Waals surface area contributed by atoms with Crippen molar-refractivity contribution < 1.29 is 9.59 Å². The van der Waals surface area contributed by atoms with E-state index in [2.05, 4.69) is 0 Å². The molecule has 0 bridgehead atoms. The van der Waals surface area contributed by atoms with E-state index in [4.69, 9.17) is 11.6 Å². The van der Waals surface area contributed by atoms with E-state index in [1.807, 2.05) is 57.2 Å². The highest BCUT2D eigenvalue weighted by atomic mass is 35.5. The molecule has 1 heterocycles. The summed E-state index contributed by atoms with van der Waals surface area (Å²) in [5.74, 6) is -0.887. The molecule has 128 valence electrons. The summed E-state index contributed by atoms with van der Waals surface area (Å²) in [7, 11) is 0. The minimum atomic E-state index is -0.488. The van der Waals surface area contributed by atoms with Crippen molar-refractivity contribution in [3.8, 4) is 0 Å². The second kappa shape index (κ2) is 6.73. The fourth-order valence-corrected chi connectivity index (χ4v) is 3.26. The number of amides is 2. The first kappa shape index (κ1) is 17.2. The van der Waals surface area contributed by atoms with Crippen LogP contribution in [0.1, 0.15) is 18.1 Å². The number of carbonyl (C=O) groups excluding carboxylic acids is 2. The molecule has 2 aromatic carbocycles. The molecular formula is C20H19ClN2O2. The van der Waals surface area contributed by atoms with Gasteiger partial charge >= 0.3 is 0 Å². The molecule has 2 aromatic rings. The summed E-state index contributed by atoms with van der Waals surface area (Å²) in [5.41, 5.74) is 3.63. The Hall–Kier alpha value is -2.59. The molecule has 3 rings (SSSR count). The molecule has 0 spiro atoms. The molecule has 1 aliphatic heterocycles. The van der Waals surface area contributed by atoms with E-state index in [-0.39, 0.29) is 10.7 Å². The molecule has 0 fully saturated rings. The van der Waals surface area contributed by atoms with Crippen LogP contribution in [0, 0.1) is 13.8 Å². The molecule has 4 nitrogen and oxygen atoms in total. The average Bonchev–Trinajstić information content (AvgIpc) is 2.79. The van der Waals surface area contributed by atoms with E-state index in [1.54, 1.807) is 17.0 Å². The largest absolute Gasteiger partial charge is 0.336 e. The van der Waals surface area contributed by atoms with Crippen molar-refractivity contribution in [2.45, 2.75) is 20.8 Å². The molecule has 1 aliphatic rings. The summed E-state index contributed by atoms with van der Waals surface area (Å²) in [6.07, 6.45) is 0. The van der Waals surface area contributed by atoms with E-state index >= 15 is 0 Å². The number of benzene rings is 2. The summed E-state index contributed by atoms with van der Waals surface area (Å²) in [6.45, 7) is 6.34. The Morgan fingerprint density at radius 3 is 2.20 bits per heavy atom. The fourth-order valence-electron chi connectivity index (χ4n) is 2.99. The van der Waals surface area contributed by atoms with Crippen LogP contribution in [0.15, 0.2) is 59.3 Å². The Kier molecular flexibility index (Phi) is 4.64. The maximum atomic E-state index is 13.0. The maximum absolute atomic E-state index is 13.0. The van der Waals surface area contributed by atoms with Gasteiger partial charge in [0, 0.05) is 12.2 Å². The van der Waals surface area contributed by atoms with E-state index < -0.39 is 11.8 Å². The fraction of sp³-hybridized carbons (Fsp3) is 0.200. The number of nitrogens with zero attached hydrogens (tertiary/aromatic N) is 2. The van der Waals surface area contributed by atoms with E-state index in [0.717, 1.165) is 21.7 Å². The van der Waals surface area contributed by atoms with Crippen LogP contribution in [0.3, 0.4) is 0 Å². The van der Waals surface area contributed by atoms with Crippen molar-refractivity contribution in [3.63, 3.8) is 0 Å². The highest BCUT2D eigenvalue weighted by molar-refractivity contribution is 6.53. The number of likely N-dealkylation sites (N-methyl/N-ethyl adjacent to an activating group) is 1. The molecule has 5 heteroatoms. The van der Waals surface area contributed by atoms with Gasteiger partial charge < -0.3 is 4.90 Å². The Balaban J connectivity index is 2.04. The predicted molar refractivity (Wildman–Crippen MR) is 101 cm³/mol. The van der Waals surface area contributed by atoms with Crippen LogP contribution in [0.5, 0.6) is 0 Å². The standard InChI is InChI=1S/C20H19ClN2O2/c1-4-22(15-9-5-7-13(2)11-15)18-17(21)19(24)23(20(18)25)16-10-6-8-14(3)12-16/h5-12H,4H2,1-3H3. The third-order valence-corrected chi connectivity index (χ3v) is 4.50. The summed E-state index contributed by atoms with van der Waals surface area (Å²) < 4.78 is 0. The van der Waals surface area contributed by atoms with Crippen molar-refractivity contribution in [2.75, 3.05) is 16.3 Å². The Bertz CT molecular complexity index is 889. The number of imide groups is 1. The smallest absolute Gasteiger partial charge is 0.283 e. The lowest BCUT2D eigenvalue weighted by atomic mass is 10.2. The molecule has 2 amide bonds. The van der Waals surface area contributed by atoms with Crippen LogP contribution < -0.4 is 9.80 Å². The lowest BCUT2D eigenvalue weighted by Gasteiger charge is -2.24. The molecule has 0 radical (unpaired) electrons. The number of anilines is 2.